The van der Waals surface area contributed by atoms with Crippen molar-refractivity contribution >= 4 is 12.2 Å². The lowest BCUT2D eigenvalue weighted by molar-refractivity contribution is 0.504. The Morgan fingerprint density at radius 1 is 0.462 bits per heavy atom. The van der Waals surface area contributed by atoms with Crippen LogP contribution in [0.1, 0.15) is 49.7 Å². The van der Waals surface area contributed by atoms with Gasteiger partial charge < -0.3 is 0 Å². The molecule has 0 nitrogen and oxygen atoms in total. The summed E-state index contributed by atoms with van der Waals surface area (Å²) < 4.78 is 0. The monoisotopic (exact) mass is 346 g/mol. The summed E-state index contributed by atoms with van der Waals surface area (Å²) in [6.45, 7) is 14.0. The fraction of sp³-hybridized carbons (Fsp3) is 0.231. The average Bonchev–Trinajstić information content (AvgIpc) is 2.77. The van der Waals surface area contributed by atoms with Gasteiger partial charge >= 0.3 is 0 Å². The van der Waals surface area contributed by atoms with Crippen molar-refractivity contribution in [1.29, 1.82) is 0 Å². The molecule has 0 atom stereocenters. The van der Waals surface area contributed by atoms with E-state index in [1.165, 1.54) is 49.7 Å². The van der Waals surface area contributed by atoms with Crippen molar-refractivity contribution in [3.63, 3.8) is 0 Å². The highest BCUT2D eigenvalue weighted by Gasteiger charge is 1.95. The van der Waals surface area contributed by atoms with Crippen LogP contribution >= 0.6 is 0 Å². The number of hydrogen-bond acceptors (Lipinski definition) is 0. The molecule has 0 heteroatoms. The van der Waals surface area contributed by atoms with E-state index in [9.17, 15) is 0 Å². The van der Waals surface area contributed by atoms with Gasteiger partial charge in [0.25, 0.3) is 0 Å². The molecule has 0 amide bonds. The number of rotatable bonds is 3. The molecule has 0 radical (unpaired) electrons. The zero-order valence-electron chi connectivity index (χ0n) is 16.2. The zero-order chi connectivity index (χ0) is 19.3. The van der Waals surface area contributed by atoms with Gasteiger partial charge in [-0.25, -0.2) is 0 Å². The molecule has 0 bridgehead atoms. The highest BCUT2D eigenvalue weighted by Crippen LogP contribution is 2.15. The topological polar surface area (TPSA) is 0 Å². The zero-order valence-corrected chi connectivity index (χ0v) is 16.2. The van der Waals surface area contributed by atoms with Crippen LogP contribution in [0.2, 0.25) is 0 Å². The van der Waals surface area contributed by atoms with Crippen LogP contribution < -0.4 is 0 Å². The van der Waals surface area contributed by atoms with Crippen molar-refractivity contribution in [3.8, 4) is 0 Å². The number of hydrogen-bond donors (Lipinski definition) is 0. The Morgan fingerprint density at radius 3 is 0.885 bits per heavy atom. The van der Waals surface area contributed by atoms with Crippen molar-refractivity contribution in [1.82, 2.24) is 0 Å². The van der Waals surface area contributed by atoms with Gasteiger partial charge in [-0.1, -0.05) is 150 Å². The van der Waals surface area contributed by atoms with Gasteiger partial charge in [0.1, 0.15) is 0 Å². The van der Waals surface area contributed by atoms with E-state index in [0.29, 0.717) is 0 Å². The third-order valence-corrected chi connectivity index (χ3v) is 3.74. The van der Waals surface area contributed by atoms with E-state index in [0.717, 1.165) is 0 Å². The highest BCUT2D eigenvalue weighted by molar-refractivity contribution is 5.46. The predicted octanol–water partition coefficient (Wildman–Crippen LogP) is 8.36. The minimum absolute atomic E-state index is 1.17. The van der Waals surface area contributed by atoms with Crippen molar-refractivity contribution in [3.05, 3.63) is 110 Å². The van der Waals surface area contributed by atoms with Crippen LogP contribution in [0.4, 0.5) is 0 Å². The van der Waals surface area contributed by atoms with E-state index in [4.69, 9.17) is 0 Å². The first-order chi connectivity index (χ1) is 12.8. The highest BCUT2D eigenvalue weighted by atomic mass is 14.0. The molecule has 0 N–H and O–H groups in total. The summed E-state index contributed by atoms with van der Waals surface area (Å²) in [6, 6.07) is 20.1. The second kappa shape index (κ2) is 18.7. The molecule has 1 aliphatic rings. The molecule has 3 rings (SSSR count). The lowest BCUT2D eigenvalue weighted by Crippen LogP contribution is -1.85. The van der Waals surface area contributed by atoms with Crippen molar-refractivity contribution in [2.75, 3.05) is 0 Å². The SMILES string of the molecule is C1CCCCC1.C=CC=C.C=Cc1ccccc1.C=Cc1ccccc1. The third kappa shape index (κ3) is 15.0. The quantitative estimate of drug-likeness (QED) is 0.490. The maximum atomic E-state index is 3.63. The van der Waals surface area contributed by atoms with E-state index in [1.54, 1.807) is 12.2 Å². The minimum atomic E-state index is 1.17. The molecule has 2 aromatic carbocycles. The molecule has 0 unspecified atom stereocenters. The van der Waals surface area contributed by atoms with Crippen LogP contribution in [0.25, 0.3) is 12.2 Å². The smallest absolute Gasteiger partial charge is 0.0263 e. The first-order valence-electron chi connectivity index (χ1n) is 9.37. The number of benzene rings is 2. The normalized spacial score (nSPS) is 11.5. The first-order valence-corrected chi connectivity index (χ1v) is 9.37. The number of allylic oxidation sites excluding steroid dienone is 2. The molecule has 1 aliphatic carbocycles. The summed E-state index contributed by atoms with van der Waals surface area (Å²) in [7, 11) is 0. The lowest BCUT2D eigenvalue weighted by atomic mass is 10.0. The lowest BCUT2D eigenvalue weighted by Gasteiger charge is -2.05. The van der Waals surface area contributed by atoms with Crippen LogP contribution in [0, 0.1) is 0 Å². The largest absolute Gasteiger partial charge is 0.0991 e. The van der Waals surface area contributed by atoms with Gasteiger partial charge in [-0.3, -0.25) is 0 Å². The Morgan fingerprint density at radius 2 is 0.731 bits per heavy atom. The Bertz CT molecular complexity index is 513. The maximum absolute atomic E-state index is 3.63. The van der Waals surface area contributed by atoms with Gasteiger partial charge in [-0.05, 0) is 11.1 Å². The molecular formula is C26H34. The second-order valence-corrected chi connectivity index (χ2v) is 5.82. The molecule has 0 heterocycles. The van der Waals surface area contributed by atoms with E-state index >= 15 is 0 Å². The molecule has 0 spiro atoms. The fourth-order valence-corrected chi connectivity index (χ4v) is 2.24. The predicted molar refractivity (Wildman–Crippen MR) is 121 cm³/mol. The molecule has 26 heavy (non-hydrogen) atoms. The average molecular weight is 347 g/mol. The maximum Gasteiger partial charge on any atom is -0.0263 e. The third-order valence-electron chi connectivity index (χ3n) is 3.74. The van der Waals surface area contributed by atoms with Crippen molar-refractivity contribution in [2.45, 2.75) is 38.5 Å². The van der Waals surface area contributed by atoms with Gasteiger partial charge in [0.2, 0.25) is 0 Å². The standard InChI is InChI=1S/2C8H8.C6H12.C4H6/c2*1-2-8-6-4-3-5-7-8;1-2-4-6-5-3-1;1-3-4-2/h2*2-7H,1H2;1-6H2;3-4H,1-2H2. The Balaban J connectivity index is 0.000000331. The molecule has 1 saturated carbocycles. The summed E-state index contributed by atoms with van der Waals surface area (Å²) in [4.78, 5) is 0. The summed E-state index contributed by atoms with van der Waals surface area (Å²) in [5.41, 5.74) is 2.35. The van der Waals surface area contributed by atoms with Crippen molar-refractivity contribution < 1.29 is 0 Å². The Hall–Kier alpha value is -2.60. The molecule has 138 valence electrons. The van der Waals surface area contributed by atoms with Gasteiger partial charge in [0.15, 0.2) is 0 Å². The van der Waals surface area contributed by atoms with E-state index in [2.05, 4.69) is 26.3 Å². The Labute approximate surface area is 161 Å². The molecule has 0 aliphatic heterocycles. The van der Waals surface area contributed by atoms with Gasteiger partial charge in [-0.2, -0.15) is 0 Å². The fourth-order valence-electron chi connectivity index (χ4n) is 2.24. The molecule has 1 fully saturated rings. The van der Waals surface area contributed by atoms with Gasteiger partial charge in [0.05, 0.1) is 0 Å². The first kappa shape index (κ1) is 23.4. The minimum Gasteiger partial charge on any atom is -0.0991 e. The van der Waals surface area contributed by atoms with Crippen LogP contribution in [-0.4, -0.2) is 0 Å². The Kier molecular flexibility index (Phi) is 16.9. The van der Waals surface area contributed by atoms with Crippen molar-refractivity contribution in [2.24, 2.45) is 0 Å². The second-order valence-electron chi connectivity index (χ2n) is 5.82. The van der Waals surface area contributed by atoms with Crippen LogP contribution in [-0.2, 0) is 0 Å². The van der Waals surface area contributed by atoms with Crippen LogP contribution in [0.3, 0.4) is 0 Å². The van der Waals surface area contributed by atoms with Gasteiger partial charge in [0, 0.05) is 0 Å². The molecule has 0 saturated heterocycles. The van der Waals surface area contributed by atoms with Crippen LogP contribution in [0.15, 0.2) is 99.1 Å². The van der Waals surface area contributed by atoms with Gasteiger partial charge in [-0.15, -0.1) is 0 Å². The molecule has 2 aromatic rings. The van der Waals surface area contributed by atoms with E-state index in [-0.39, 0.29) is 0 Å². The van der Waals surface area contributed by atoms with E-state index in [1.807, 2.05) is 72.8 Å². The summed E-state index contributed by atoms with van der Waals surface area (Å²) in [5, 5.41) is 0. The molecule has 0 aromatic heterocycles. The summed E-state index contributed by atoms with van der Waals surface area (Å²) >= 11 is 0. The summed E-state index contributed by atoms with van der Waals surface area (Å²) in [6.07, 6.45) is 15.9. The van der Waals surface area contributed by atoms with E-state index < -0.39 is 0 Å². The molecular weight excluding hydrogens is 312 g/mol. The van der Waals surface area contributed by atoms with Crippen LogP contribution in [0.5, 0.6) is 0 Å². The summed E-state index contributed by atoms with van der Waals surface area (Å²) in [5.74, 6) is 0.